The number of rotatable bonds is 1. The quantitative estimate of drug-likeness (QED) is 0.729. The molecule has 0 aliphatic heterocycles. The first kappa shape index (κ1) is 8.59. The summed E-state index contributed by atoms with van der Waals surface area (Å²) in [6, 6.07) is 4.04. The normalized spacial score (nSPS) is 10.2. The first-order valence-electron chi connectivity index (χ1n) is 3.86. The van der Waals surface area contributed by atoms with E-state index in [0.717, 1.165) is 17.0 Å². The van der Waals surface area contributed by atoms with E-state index in [-0.39, 0.29) is 0 Å². The summed E-state index contributed by atoms with van der Waals surface area (Å²) < 4.78 is 0.543. The molecule has 0 spiro atoms. The Kier molecular flexibility index (Phi) is 2.24. The molecule has 2 heterocycles. The number of aromatic nitrogens is 2. The molecule has 0 aliphatic carbocycles. The van der Waals surface area contributed by atoms with Crippen LogP contribution in [-0.4, -0.2) is 9.97 Å². The number of hydrogen-bond donors (Lipinski definition) is 1. The van der Waals surface area contributed by atoms with E-state index in [0.29, 0.717) is 4.77 Å². The van der Waals surface area contributed by atoms with E-state index in [4.69, 9.17) is 12.2 Å². The third-order valence-corrected chi connectivity index (χ3v) is 2.57. The molecule has 2 aromatic heterocycles. The minimum atomic E-state index is 0.543. The third-order valence-electron chi connectivity index (χ3n) is 1.70. The van der Waals surface area contributed by atoms with Crippen molar-refractivity contribution in [2.24, 2.45) is 0 Å². The van der Waals surface area contributed by atoms with Crippen LogP contribution in [0.5, 0.6) is 0 Å². The summed E-state index contributed by atoms with van der Waals surface area (Å²) in [7, 11) is 0. The highest BCUT2D eigenvalue weighted by atomic mass is 32.1. The third kappa shape index (κ3) is 1.84. The second-order valence-electron chi connectivity index (χ2n) is 2.77. The van der Waals surface area contributed by atoms with Crippen molar-refractivity contribution >= 4 is 23.6 Å². The highest BCUT2D eigenvalue weighted by molar-refractivity contribution is 7.71. The molecule has 0 bridgehead atoms. The zero-order valence-electron chi connectivity index (χ0n) is 7.07. The van der Waals surface area contributed by atoms with E-state index in [2.05, 4.69) is 15.3 Å². The lowest BCUT2D eigenvalue weighted by molar-refractivity contribution is 1.08. The largest absolute Gasteiger partial charge is 0.335 e. The van der Waals surface area contributed by atoms with Crippen LogP contribution in [-0.2, 0) is 0 Å². The van der Waals surface area contributed by atoms with Crippen molar-refractivity contribution in [2.45, 2.75) is 6.92 Å². The van der Waals surface area contributed by atoms with Crippen LogP contribution in [0.15, 0.2) is 22.9 Å². The standard InChI is InChI=1S/C9H8N2S2/c1-6-4-8(11-9(12)10-6)7-2-3-13-5-7/h2-5H,1H3,(H,10,11,12). The second-order valence-corrected chi connectivity index (χ2v) is 3.93. The predicted molar refractivity (Wildman–Crippen MR) is 57.5 cm³/mol. The average molecular weight is 208 g/mol. The summed E-state index contributed by atoms with van der Waals surface area (Å²) in [5.41, 5.74) is 3.12. The first-order valence-corrected chi connectivity index (χ1v) is 5.21. The summed E-state index contributed by atoms with van der Waals surface area (Å²) >= 11 is 6.66. The summed E-state index contributed by atoms with van der Waals surface area (Å²) in [4.78, 5) is 7.22. The maximum absolute atomic E-state index is 5.00. The van der Waals surface area contributed by atoms with Gasteiger partial charge in [-0.2, -0.15) is 11.3 Å². The Hall–Kier alpha value is -1.00. The van der Waals surface area contributed by atoms with Crippen LogP contribution >= 0.6 is 23.6 Å². The van der Waals surface area contributed by atoms with Gasteiger partial charge >= 0.3 is 0 Å². The van der Waals surface area contributed by atoms with E-state index in [1.54, 1.807) is 11.3 Å². The number of thiophene rings is 1. The second kappa shape index (κ2) is 3.40. The Morgan fingerprint density at radius 1 is 1.54 bits per heavy atom. The zero-order chi connectivity index (χ0) is 9.26. The van der Waals surface area contributed by atoms with Gasteiger partial charge in [-0.1, -0.05) is 0 Å². The molecule has 1 N–H and O–H groups in total. The lowest BCUT2D eigenvalue weighted by atomic mass is 10.2. The summed E-state index contributed by atoms with van der Waals surface area (Å²) in [5, 5.41) is 4.10. The van der Waals surface area contributed by atoms with Crippen LogP contribution in [0.3, 0.4) is 0 Å². The van der Waals surface area contributed by atoms with Crippen molar-refractivity contribution in [1.29, 1.82) is 0 Å². The smallest absolute Gasteiger partial charge is 0.197 e. The molecule has 2 aromatic rings. The first-order chi connectivity index (χ1) is 6.25. The van der Waals surface area contributed by atoms with Gasteiger partial charge in [-0.25, -0.2) is 4.98 Å². The maximum atomic E-state index is 5.00. The summed E-state index contributed by atoms with van der Waals surface area (Å²) in [6.45, 7) is 1.98. The van der Waals surface area contributed by atoms with Gasteiger partial charge in [-0.3, -0.25) is 0 Å². The van der Waals surface area contributed by atoms with E-state index in [9.17, 15) is 0 Å². The van der Waals surface area contributed by atoms with Gasteiger partial charge in [-0.15, -0.1) is 0 Å². The van der Waals surface area contributed by atoms with E-state index in [1.807, 2.05) is 24.4 Å². The molecule has 0 saturated heterocycles. The number of aryl methyl sites for hydroxylation is 1. The van der Waals surface area contributed by atoms with Gasteiger partial charge in [0.1, 0.15) is 0 Å². The van der Waals surface area contributed by atoms with Crippen molar-refractivity contribution in [3.8, 4) is 11.3 Å². The van der Waals surface area contributed by atoms with Crippen molar-refractivity contribution in [1.82, 2.24) is 9.97 Å². The van der Waals surface area contributed by atoms with Crippen LogP contribution in [0.2, 0.25) is 0 Å². The molecule has 0 saturated carbocycles. The van der Waals surface area contributed by atoms with Gasteiger partial charge < -0.3 is 4.98 Å². The predicted octanol–water partition coefficient (Wildman–Crippen LogP) is 3.18. The fraction of sp³-hybridized carbons (Fsp3) is 0.111. The Bertz CT molecular complexity index is 457. The molecule has 4 heteroatoms. The molecule has 2 nitrogen and oxygen atoms in total. The number of H-pyrrole nitrogens is 1. The van der Waals surface area contributed by atoms with Crippen LogP contribution in [0, 0.1) is 11.7 Å². The number of nitrogens with zero attached hydrogens (tertiary/aromatic N) is 1. The molecule has 0 aromatic carbocycles. The number of nitrogens with one attached hydrogen (secondary N) is 1. The molecule has 0 aliphatic rings. The Balaban J connectivity index is 2.59. The molecule has 0 radical (unpaired) electrons. The van der Waals surface area contributed by atoms with Crippen LogP contribution in [0.1, 0.15) is 5.69 Å². The van der Waals surface area contributed by atoms with Gasteiger partial charge in [-0.05, 0) is 36.7 Å². The summed E-state index contributed by atoms with van der Waals surface area (Å²) in [5.74, 6) is 0. The van der Waals surface area contributed by atoms with E-state index >= 15 is 0 Å². The number of aromatic amines is 1. The molecular weight excluding hydrogens is 200 g/mol. The summed E-state index contributed by atoms with van der Waals surface area (Å²) in [6.07, 6.45) is 0. The average Bonchev–Trinajstić information content (AvgIpc) is 2.53. The van der Waals surface area contributed by atoms with Crippen molar-refractivity contribution in [3.05, 3.63) is 33.4 Å². The topological polar surface area (TPSA) is 28.7 Å². The van der Waals surface area contributed by atoms with Crippen molar-refractivity contribution in [3.63, 3.8) is 0 Å². The molecule has 2 rings (SSSR count). The molecule has 0 fully saturated rings. The molecule has 66 valence electrons. The van der Waals surface area contributed by atoms with Crippen molar-refractivity contribution in [2.75, 3.05) is 0 Å². The fourth-order valence-corrected chi connectivity index (χ4v) is 2.05. The Morgan fingerprint density at radius 2 is 2.38 bits per heavy atom. The Labute approximate surface area is 85.3 Å². The maximum Gasteiger partial charge on any atom is 0.197 e. The van der Waals surface area contributed by atoms with Crippen LogP contribution in [0.4, 0.5) is 0 Å². The van der Waals surface area contributed by atoms with Crippen LogP contribution < -0.4 is 0 Å². The SMILES string of the molecule is Cc1cc(-c2ccsc2)nc(=S)[nH]1. The van der Waals surface area contributed by atoms with Gasteiger partial charge in [0.15, 0.2) is 4.77 Å². The van der Waals surface area contributed by atoms with Gasteiger partial charge in [0.05, 0.1) is 5.69 Å². The lowest BCUT2D eigenvalue weighted by Gasteiger charge is -1.98. The van der Waals surface area contributed by atoms with Crippen LogP contribution in [0.25, 0.3) is 11.3 Å². The van der Waals surface area contributed by atoms with Gasteiger partial charge in [0, 0.05) is 16.6 Å². The molecular formula is C9H8N2S2. The Morgan fingerprint density at radius 3 is 3.00 bits per heavy atom. The molecule has 0 amide bonds. The monoisotopic (exact) mass is 208 g/mol. The minimum Gasteiger partial charge on any atom is -0.335 e. The fourth-order valence-electron chi connectivity index (χ4n) is 1.14. The molecule has 0 unspecified atom stereocenters. The minimum absolute atomic E-state index is 0.543. The molecule has 0 atom stereocenters. The van der Waals surface area contributed by atoms with E-state index in [1.165, 1.54) is 0 Å². The highest BCUT2D eigenvalue weighted by Gasteiger charge is 1.99. The number of hydrogen-bond acceptors (Lipinski definition) is 3. The molecule has 13 heavy (non-hydrogen) atoms. The van der Waals surface area contributed by atoms with E-state index < -0.39 is 0 Å². The van der Waals surface area contributed by atoms with Gasteiger partial charge in [0.2, 0.25) is 0 Å². The van der Waals surface area contributed by atoms with Crippen molar-refractivity contribution < 1.29 is 0 Å². The lowest BCUT2D eigenvalue weighted by Crippen LogP contribution is -1.88. The highest BCUT2D eigenvalue weighted by Crippen LogP contribution is 2.19. The zero-order valence-corrected chi connectivity index (χ0v) is 8.71. The van der Waals surface area contributed by atoms with Gasteiger partial charge in [0.25, 0.3) is 0 Å².